The standard InChI is InChI=1S/C16H13NO2/c1-2-19-16(18)15-9-7-14(8-10-15)13-5-3-12(11-17)4-6-13/h3-10H,2H2,1H3. The second-order valence-electron chi connectivity index (χ2n) is 3.99. The molecule has 3 nitrogen and oxygen atoms in total. The van der Waals surface area contributed by atoms with E-state index in [4.69, 9.17) is 10.00 Å². The number of benzene rings is 2. The SMILES string of the molecule is CCOC(=O)c1ccc(-c2ccc(C#N)cc2)cc1. The average molecular weight is 251 g/mol. The summed E-state index contributed by atoms with van der Waals surface area (Å²) >= 11 is 0. The average Bonchev–Trinajstić information content (AvgIpc) is 2.48. The van der Waals surface area contributed by atoms with E-state index in [1.807, 2.05) is 24.3 Å². The molecule has 0 saturated carbocycles. The molecular formula is C16H13NO2. The lowest BCUT2D eigenvalue weighted by Crippen LogP contribution is -2.03. The van der Waals surface area contributed by atoms with Crippen molar-refractivity contribution in [3.05, 3.63) is 59.7 Å². The van der Waals surface area contributed by atoms with Gasteiger partial charge in [-0.3, -0.25) is 0 Å². The molecule has 0 bridgehead atoms. The highest BCUT2D eigenvalue weighted by molar-refractivity contribution is 5.90. The molecule has 0 spiro atoms. The first-order valence-electron chi connectivity index (χ1n) is 6.02. The molecule has 2 aromatic rings. The van der Waals surface area contributed by atoms with Crippen molar-refractivity contribution < 1.29 is 9.53 Å². The molecule has 0 N–H and O–H groups in total. The van der Waals surface area contributed by atoms with Gasteiger partial charge in [0.1, 0.15) is 0 Å². The molecule has 0 aliphatic rings. The number of rotatable bonds is 3. The zero-order valence-corrected chi connectivity index (χ0v) is 10.6. The van der Waals surface area contributed by atoms with Crippen molar-refractivity contribution in [2.24, 2.45) is 0 Å². The van der Waals surface area contributed by atoms with E-state index in [-0.39, 0.29) is 5.97 Å². The number of nitriles is 1. The van der Waals surface area contributed by atoms with E-state index in [1.165, 1.54) is 0 Å². The minimum atomic E-state index is -0.311. The molecule has 0 aliphatic carbocycles. The zero-order valence-electron chi connectivity index (χ0n) is 10.6. The van der Waals surface area contributed by atoms with Crippen molar-refractivity contribution in [2.75, 3.05) is 6.61 Å². The van der Waals surface area contributed by atoms with Crippen LogP contribution in [0.4, 0.5) is 0 Å². The van der Waals surface area contributed by atoms with Crippen molar-refractivity contribution in [1.29, 1.82) is 5.26 Å². The Hall–Kier alpha value is -2.60. The summed E-state index contributed by atoms with van der Waals surface area (Å²) in [6, 6.07) is 16.6. The van der Waals surface area contributed by atoms with Gasteiger partial charge in [0, 0.05) is 0 Å². The van der Waals surface area contributed by atoms with Gasteiger partial charge in [0.25, 0.3) is 0 Å². The summed E-state index contributed by atoms with van der Waals surface area (Å²) in [4.78, 5) is 11.5. The van der Waals surface area contributed by atoms with Crippen LogP contribution in [0.3, 0.4) is 0 Å². The Balaban J connectivity index is 2.22. The van der Waals surface area contributed by atoms with Crippen molar-refractivity contribution >= 4 is 5.97 Å². The lowest BCUT2D eigenvalue weighted by atomic mass is 10.0. The van der Waals surface area contributed by atoms with Crippen LogP contribution < -0.4 is 0 Å². The molecule has 0 unspecified atom stereocenters. The minimum Gasteiger partial charge on any atom is -0.462 e. The second kappa shape index (κ2) is 5.83. The highest BCUT2D eigenvalue weighted by Gasteiger charge is 2.06. The Morgan fingerprint density at radius 1 is 1.05 bits per heavy atom. The topological polar surface area (TPSA) is 50.1 Å². The first-order valence-corrected chi connectivity index (χ1v) is 6.02. The molecule has 2 rings (SSSR count). The Labute approximate surface area is 112 Å². The van der Waals surface area contributed by atoms with Gasteiger partial charge < -0.3 is 4.74 Å². The van der Waals surface area contributed by atoms with Gasteiger partial charge in [-0.05, 0) is 42.3 Å². The fraction of sp³-hybridized carbons (Fsp3) is 0.125. The molecule has 0 atom stereocenters. The molecule has 0 amide bonds. The molecule has 0 heterocycles. The van der Waals surface area contributed by atoms with E-state index in [2.05, 4.69) is 6.07 Å². The van der Waals surface area contributed by atoms with E-state index in [9.17, 15) is 4.79 Å². The predicted molar refractivity (Wildman–Crippen MR) is 72.5 cm³/mol. The Bertz CT molecular complexity index is 607. The van der Waals surface area contributed by atoms with Gasteiger partial charge >= 0.3 is 5.97 Å². The van der Waals surface area contributed by atoms with Crippen LogP contribution in [0.15, 0.2) is 48.5 Å². The zero-order chi connectivity index (χ0) is 13.7. The first-order chi connectivity index (χ1) is 9.24. The van der Waals surface area contributed by atoms with Crippen LogP contribution in [0.1, 0.15) is 22.8 Å². The van der Waals surface area contributed by atoms with Crippen molar-refractivity contribution in [3.63, 3.8) is 0 Å². The molecule has 0 aliphatic heterocycles. The predicted octanol–water partition coefficient (Wildman–Crippen LogP) is 3.40. The molecule has 3 heteroatoms. The van der Waals surface area contributed by atoms with Gasteiger partial charge in [-0.1, -0.05) is 24.3 Å². The van der Waals surface area contributed by atoms with Crippen molar-refractivity contribution in [1.82, 2.24) is 0 Å². The number of ether oxygens (including phenoxy) is 1. The molecule has 0 aromatic heterocycles. The number of esters is 1. The lowest BCUT2D eigenvalue weighted by molar-refractivity contribution is 0.0526. The van der Waals surface area contributed by atoms with Crippen LogP contribution in [0, 0.1) is 11.3 Å². The number of hydrogen-bond acceptors (Lipinski definition) is 3. The van der Waals surface area contributed by atoms with Crippen LogP contribution in [0.2, 0.25) is 0 Å². The van der Waals surface area contributed by atoms with Crippen LogP contribution in [-0.2, 0) is 4.74 Å². The van der Waals surface area contributed by atoms with E-state index < -0.39 is 0 Å². The molecule has 2 aromatic carbocycles. The minimum absolute atomic E-state index is 0.311. The fourth-order valence-electron chi connectivity index (χ4n) is 1.75. The maximum Gasteiger partial charge on any atom is 0.338 e. The molecular weight excluding hydrogens is 238 g/mol. The molecule has 0 fully saturated rings. The lowest BCUT2D eigenvalue weighted by Gasteiger charge is -2.04. The first kappa shape index (κ1) is 12.8. The summed E-state index contributed by atoms with van der Waals surface area (Å²) in [6.45, 7) is 2.15. The monoisotopic (exact) mass is 251 g/mol. The third-order valence-corrected chi connectivity index (χ3v) is 2.74. The summed E-state index contributed by atoms with van der Waals surface area (Å²) in [5.41, 5.74) is 3.18. The normalized spacial score (nSPS) is 9.68. The second-order valence-corrected chi connectivity index (χ2v) is 3.99. The van der Waals surface area contributed by atoms with Crippen LogP contribution in [0.5, 0.6) is 0 Å². The van der Waals surface area contributed by atoms with E-state index in [0.717, 1.165) is 11.1 Å². The summed E-state index contributed by atoms with van der Waals surface area (Å²) in [7, 11) is 0. The molecule has 0 radical (unpaired) electrons. The highest BCUT2D eigenvalue weighted by Crippen LogP contribution is 2.20. The Morgan fingerprint density at radius 3 is 2.05 bits per heavy atom. The van der Waals surface area contributed by atoms with Gasteiger partial charge in [-0.15, -0.1) is 0 Å². The fourth-order valence-corrected chi connectivity index (χ4v) is 1.75. The van der Waals surface area contributed by atoms with Gasteiger partial charge in [0.05, 0.1) is 23.8 Å². The summed E-state index contributed by atoms with van der Waals surface area (Å²) in [5, 5.41) is 8.75. The highest BCUT2D eigenvalue weighted by atomic mass is 16.5. The van der Waals surface area contributed by atoms with E-state index >= 15 is 0 Å². The molecule has 19 heavy (non-hydrogen) atoms. The van der Waals surface area contributed by atoms with Crippen molar-refractivity contribution in [3.8, 4) is 17.2 Å². The number of carbonyl (C=O) groups is 1. The van der Waals surface area contributed by atoms with Gasteiger partial charge in [-0.2, -0.15) is 5.26 Å². The number of nitrogens with zero attached hydrogens (tertiary/aromatic N) is 1. The quantitative estimate of drug-likeness (QED) is 0.785. The number of carbonyl (C=O) groups excluding carboxylic acids is 1. The molecule has 94 valence electrons. The van der Waals surface area contributed by atoms with Crippen LogP contribution >= 0.6 is 0 Å². The maximum absolute atomic E-state index is 11.5. The smallest absolute Gasteiger partial charge is 0.338 e. The summed E-state index contributed by atoms with van der Waals surface area (Å²) in [5.74, 6) is -0.311. The Morgan fingerprint density at radius 2 is 1.58 bits per heavy atom. The third-order valence-electron chi connectivity index (χ3n) is 2.74. The Kier molecular flexibility index (Phi) is 3.94. The molecule has 0 saturated heterocycles. The summed E-state index contributed by atoms with van der Waals surface area (Å²) in [6.07, 6.45) is 0. The van der Waals surface area contributed by atoms with Crippen LogP contribution in [-0.4, -0.2) is 12.6 Å². The van der Waals surface area contributed by atoms with Gasteiger partial charge in [0.15, 0.2) is 0 Å². The van der Waals surface area contributed by atoms with Crippen LogP contribution in [0.25, 0.3) is 11.1 Å². The number of hydrogen-bond donors (Lipinski definition) is 0. The van der Waals surface area contributed by atoms with E-state index in [1.54, 1.807) is 31.2 Å². The largest absolute Gasteiger partial charge is 0.462 e. The third kappa shape index (κ3) is 2.99. The van der Waals surface area contributed by atoms with Gasteiger partial charge in [0.2, 0.25) is 0 Å². The van der Waals surface area contributed by atoms with E-state index in [0.29, 0.717) is 17.7 Å². The maximum atomic E-state index is 11.5. The van der Waals surface area contributed by atoms with Crippen molar-refractivity contribution in [2.45, 2.75) is 6.92 Å². The van der Waals surface area contributed by atoms with Gasteiger partial charge in [-0.25, -0.2) is 4.79 Å². The summed E-state index contributed by atoms with van der Waals surface area (Å²) < 4.78 is 4.93.